The number of nitrogens with zero attached hydrogens (tertiary/aromatic N) is 2. The molecule has 0 aromatic carbocycles. The monoisotopic (exact) mass is 297 g/mol. The first-order chi connectivity index (χ1) is 9.61. The molecule has 1 amide bonds. The maximum absolute atomic E-state index is 12.1. The third kappa shape index (κ3) is 3.59. The van der Waals surface area contributed by atoms with Crippen LogP contribution in [0.15, 0.2) is 12.3 Å². The van der Waals surface area contributed by atoms with E-state index in [9.17, 15) is 4.79 Å². The van der Waals surface area contributed by atoms with Gasteiger partial charge in [0, 0.05) is 18.8 Å². The number of hydrogen-bond acceptors (Lipinski definition) is 5. The number of likely N-dealkylation sites (tertiary alicyclic amines) is 1. The van der Waals surface area contributed by atoms with Crippen LogP contribution in [0.1, 0.15) is 29.6 Å². The van der Waals surface area contributed by atoms with Gasteiger partial charge in [0.2, 0.25) is 0 Å². The molecule has 1 aliphatic heterocycles. The number of nitrogens with one attached hydrogen (secondary N) is 2. The average Bonchev–Trinajstić information content (AvgIpc) is 2.46. The molecular weight excluding hydrogens is 278 g/mol. The number of amides is 1. The van der Waals surface area contributed by atoms with E-state index in [0.717, 1.165) is 13.0 Å². The van der Waals surface area contributed by atoms with Crippen molar-refractivity contribution in [2.75, 3.05) is 25.6 Å². The maximum Gasteiger partial charge on any atom is 0.252 e. The Bertz CT molecular complexity index is 482. The largest absolute Gasteiger partial charge is 0.350 e. The van der Waals surface area contributed by atoms with Crippen molar-refractivity contribution in [3.05, 3.63) is 22.8 Å². The number of hydrogen-bond donors (Lipinski definition) is 3. The van der Waals surface area contributed by atoms with Gasteiger partial charge in [-0.05, 0) is 32.5 Å². The fourth-order valence-electron chi connectivity index (χ4n) is 2.38. The zero-order chi connectivity index (χ0) is 14.5. The molecule has 20 heavy (non-hydrogen) atoms. The predicted octanol–water partition coefficient (Wildman–Crippen LogP) is 1.23. The Balaban J connectivity index is 1.93. The van der Waals surface area contributed by atoms with E-state index in [1.54, 1.807) is 6.07 Å². The number of carbonyl (C=O) groups excluding carboxylic acids is 1. The number of pyridine rings is 1. The van der Waals surface area contributed by atoms with E-state index >= 15 is 0 Å². The average molecular weight is 298 g/mol. The molecule has 4 N–H and O–H groups in total. The molecule has 1 atom stereocenters. The highest BCUT2D eigenvalue weighted by Gasteiger charge is 2.19. The zero-order valence-corrected chi connectivity index (χ0v) is 12.3. The second-order valence-electron chi connectivity index (χ2n) is 5.04. The van der Waals surface area contributed by atoms with Crippen LogP contribution in [-0.4, -0.2) is 42.0 Å². The van der Waals surface area contributed by atoms with Crippen molar-refractivity contribution < 1.29 is 4.79 Å². The zero-order valence-electron chi connectivity index (χ0n) is 11.5. The van der Waals surface area contributed by atoms with Gasteiger partial charge in [0.15, 0.2) is 5.82 Å². The molecule has 0 bridgehead atoms. The smallest absolute Gasteiger partial charge is 0.252 e. The number of halogens is 1. The second-order valence-corrected chi connectivity index (χ2v) is 5.45. The molecule has 0 spiro atoms. The lowest BCUT2D eigenvalue weighted by Gasteiger charge is -2.32. The van der Waals surface area contributed by atoms with Crippen LogP contribution >= 0.6 is 11.6 Å². The van der Waals surface area contributed by atoms with Gasteiger partial charge in [-0.2, -0.15) is 0 Å². The summed E-state index contributed by atoms with van der Waals surface area (Å²) in [5, 5.41) is 3.26. The van der Waals surface area contributed by atoms with Crippen LogP contribution in [0.4, 0.5) is 5.82 Å². The summed E-state index contributed by atoms with van der Waals surface area (Å²) >= 11 is 5.95. The lowest BCUT2D eigenvalue weighted by Crippen LogP contribution is -2.44. The number of aromatic nitrogens is 1. The van der Waals surface area contributed by atoms with E-state index in [4.69, 9.17) is 17.4 Å². The first-order valence-electron chi connectivity index (χ1n) is 6.72. The SMILES string of the molecule is CN1CCCCC1CNC(=O)c1cnc(NN)c(Cl)c1. The molecule has 1 aromatic heterocycles. The molecule has 1 aliphatic rings. The minimum absolute atomic E-state index is 0.165. The number of likely N-dealkylation sites (N-methyl/N-ethyl adjacent to an activating group) is 1. The van der Waals surface area contributed by atoms with Crippen LogP contribution in [0.5, 0.6) is 0 Å². The molecule has 2 heterocycles. The third-order valence-corrected chi connectivity index (χ3v) is 3.95. The van der Waals surface area contributed by atoms with Crippen molar-refractivity contribution in [3.63, 3.8) is 0 Å². The van der Waals surface area contributed by atoms with Crippen molar-refractivity contribution in [2.45, 2.75) is 25.3 Å². The van der Waals surface area contributed by atoms with E-state index in [-0.39, 0.29) is 5.91 Å². The Morgan fingerprint density at radius 3 is 3.05 bits per heavy atom. The quantitative estimate of drug-likeness (QED) is 0.575. The molecule has 1 saturated heterocycles. The molecule has 1 unspecified atom stereocenters. The van der Waals surface area contributed by atoms with Crippen molar-refractivity contribution in [2.24, 2.45) is 5.84 Å². The van der Waals surface area contributed by atoms with Crippen LogP contribution in [0.25, 0.3) is 0 Å². The van der Waals surface area contributed by atoms with Gasteiger partial charge in [-0.25, -0.2) is 10.8 Å². The van der Waals surface area contributed by atoms with E-state index in [1.807, 2.05) is 0 Å². The number of carbonyl (C=O) groups is 1. The molecule has 1 fully saturated rings. The second kappa shape index (κ2) is 6.88. The van der Waals surface area contributed by atoms with Crippen LogP contribution in [0.3, 0.4) is 0 Å². The lowest BCUT2D eigenvalue weighted by atomic mass is 10.0. The summed E-state index contributed by atoms with van der Waals surface area (Å²) in [5.41, 5.74) is 2.81. The van der Waals surface area contributed by atoms with Crippen molar-refractivity contribution >= 4 is 23.3 Å². The Hall–Kier alpha value is -1.37. The van der Waals surface area contributed by atoms with E-state index in [1.165, 1.54) is 19.0 Å². The summed E-state index contributed by atoms with van der Waals surface area (Å²) < 4.78 is 0. The highest BCUT2D eigenvalue weighted by Crippen LogP contribution is 2.19. The Morgan fingerprint density at radius 2 is 2.40 bits per heavy atom. The first-order valence-corrected chi connectivity index (χ1v) is 7.10. The van der Waals surface area contributed by atoms with Gasteiger partial charge < -0.3 is 15.6 Å². The molecule has 0 aliphatic carbocycles. The number of nitrogens with two attached hydrogens (primary N) is 1. The van der Waals surface area contributed by atoms with Crippen molar-refractivity contribution in [3.8, 4) is 0 Å². The van der Waals surface area contributed by atoms with Gasteiger partial charge in [-0.3, -0.25) is 4.79 Å². The number of nitrogen functional groups attached to an aromatic ring is 1. The lowest BCUT2D eigenvalue weighted by molar-refractivity contribution is 0.0928. The summed E-state index contributed by atoms with van der Waals surface area (Å²) in [5.74, 6) is 5.44. The number of anilines is 1. The fourth-order valence-corrected chi connectivity index (χ4v) is 2.60. The third-order valence-electron chi connectivity index (χ3n) is 3.66. The summed E-state index contributed by atoms with van der Waals surface area (Å²) in [6.45, 7) is 1.73. The normalized spacial score (nSPS) is 19.6. The van der Waals surface area contributed by atoms with Crippen molar-refractivity contribution in [1.29, 1.82) is 0 Å². The Morgan fingerprint density at radius 1 is 1.60 bits per heavy atom. The van der Waals surface area contributed by atoms with Crippen LogP contribution in [-0.2, 0) is 0 Å². The standard InChI is InChI=1S/C13H20ClN5O/c1-19-5-3-2-4-10(19)8-17-13(20)9-6-11(14)12(18-15)16-7-9/h6-7,10H,2-5,8,15H2,1H3,(H,16,18)(H,17,20). The van der Waals surface area contributed by atoms with E-state index in [2.05, 4.69) is 27.7 Å². The molecular formula is C13H20ClN5O. The topological polar surface area (TPSA) is 83.3 Å². The highest BCUT2D eigenvalue weighted by molar-refractivity contribution is 6.33. The molecule has 1 aromatic rings. The van der Waals surface area contributed by atoms with Gasteiger partial charge in [0.05, 0.1) is 10.6 Å². The highest BCUT2D eigenvalue weighted by atomic mass is 35.5. The number of hydrazine groups is 1. The van der Waals surface area contributed by atoms with Gasteiger partial charge in [0.1, 0.15) is 0 Å². The van der Waals surface area contributed by atoms with Crippen LogP contribution < -0.4 is 16.6 Å². The van der Waals surface area contributed by atoms with Gasteiger partial charge in [-0.15, -0.1) is 0 Å². The predicted molar refractivity (Wildman–Crippen MR) is 79.7 cm³/mol. The Labute approximate surface area is 123 Å². The summed E-state index contributed by atoms with van der Waals surface area (Å²) in [6.07, 6.45) is 5.02. The maximum atomic E-state index is 12.1. The van der Waals surface area contributed by atoms with Gasteiger partial charge >= 0.3 is 0 Å². The van der Waals surface area contributed by atoms with Crippen molar-refractivity contribution in [1.82, 2.24) is 15.2 Å². The molecule has 0 radical (unpaired) electrons. The molecule has 2 rings (SSSR count). The summed E-state index contributed by atoms with van der Waals surface area (Å²) in [6, 6.07) is 1.96. The van der Waals surface area contributed by atoms with E-state index in [0.29, 0.717) is 29.0 Å². The van der Waals surface area contributed by atoms with E-state index < -0.39 is 0 Å². The molecule has 7 heteroatoms. The van der Waals surface area contributed by atoms with Gasteiger partial charge in [-0.1, -0.05) is 18.0 Å². The number of piperidine rings is 1. The van der Waals surface area contributed by atoms with Crippen LogP contribution in [0.2, 0.25) is 5.02 Å². The van der Waals surface area contributed by atoms with Crippen LogP contribution in [0, 0.1) is 0 Å². The molecule has 110 valence electrons. The summed E-state index contributed by atoms with van der Waals surface area (Å²) in [7, 11) is 2.09. The minimum Gasteiger partial charge on any atom is -0.350 e. The first kappa shape index (κ1) is 15.0. The molecule has 0 saturated carbocycles. The molecule has 6 nitrogen and oxygen atoms in total. The Kier molecular flexibility index (Phi) is 5.17. The summed E-state index contributed by atoms with van der Waals surface area (Å²) in [4.78, 5) is 18.3. The number of rotatable bonds is 4. The van der Waals surface area contributed by atoms with Gasteiger partial charge in [0.25, 0.3) is 5.91 Å². The fraction of sp³-hybridized carbons (Fsp3) is 0.538. The minimum atomic E-state index is -0.165.